The molecule has 1 aromatic heterocycles. The number of nitrogens with zero attached hydrogens (tertiary/aromatic N) is 3. The number of halogens is 4. The summed E-state index contributed by atoms with van der Waals surface area (Å²) in [5, 5.41) is 11.7. The molecule has 0 spiro atoms. The van der Waals surface area contributed by atoms with Crippen molar-refractivity contribution in [3.8, 4) is 0 Å². The zero-order chi connectivity index (χ0) is 22.4. The second-order valence-electron chi connectivity index (χ2n) is 6.48. The van der Waals surface area contributed by atoms with Crippen molar-refractivity contribution in [1.82, 2.24) is 14.8 Å². The number of benzene rings is 2. The van der Waals surface area contributed by atoms with Crippen molar-refractivity contribution < 1.29 is 18.0 Å². The van der Waals surface area contributed by atoms with E-state index in [9.17, 15) is 18.0 Å². The van der Waals surface area contributed by atoms with E-state index in [4.69, 9.17) is 11.6 Å². The Morgan fingerprint density at radius 2 is 1.87 bits per heavy atom. The predicted octanol–water partition coefficient (Wildman–Crippen LogP) is 5.46. The molecule has 0 fully saturated rings. The molecule has 0 radical (unpaired) electrons. The van der Waals surface area contributed by atoms with Gasteiger partial charge in [-0.3, -0.25) is 4.79 Å². The average molecular weight is 467 g/mol. The van der Waals surface area contributed by atoms with Gasteiger partial charge in [0.2, 0.25) is 5.91 Å². The molecule has 3 aromatic rings. The van der Waals surface area contributed by atoms with Crippen LogP contribution in [0.4, 0.5) is 18.9 Å². The Morgan fingerprint density at radius 3 is 2.55 bits per heavy atom. The van der Waals surface area contributed by atoms with Crippen LogP contribution in [0, 0.1) is 0 Å². The Bertz CT molecular complexity index is 1070. The normalized spacial score (nSPS) is 11.4. The molecule has 3 rings (SSSR count). The number of carbonyl (C=O) groups excluding carboxylic acids is 1. The van der Waals surface area contributed by atoms with Gasteiger partial charge in [-0.25, -0.2) is 0 Å². The number of hydrogen-bond acceptors (Lipinski definition) is 4. The van der Waals surface area contributed by atoms with Gasteiger partial charge in [-0.1, -0.05) is 53.7 Å². The van der Waals surface area contributed by atoms with E-state index >= 15 is 0 Å². The van der Waals surface area contributed by atoms with E-state index in [0.717, 1.165) is 23.4 Å². The van der Waals surface area contributed by atoms with E-state index < -0.39 is 17.6 Å². The molecular formula is C21H18ClF3N4OS. The highest BCUT2D eigenvalue weighted by molar-refractivity contribution is 7.99. The van der Waals surface area contributed by atoms with Crippen LogP contribution >= 0.6 is 23.4 Å². The Kier molecular flexibility index (Phi) is 7.40. The van der Waals surface area contributed by atoms with Gasteiger partial charge in [0.25, 0.3) is 0 Å². The average Bonchev–Trinajstić information content (AvgIpc) is 3.09. The summed E-state index contributed by atoms with van der Waals surface area (Å²) in [5.74, 6) is -0.0239. The largest absolute Gasteiger partial charge is 0.418 e. The van der Waals surface area contributed by atoms with Crippen molar-refractivity contribution in [2.45, 2.75) is 24.3 Å². The number of allylic oxidation sites excluding steroid dienone is 1. The number of para-hydroxylation sites is 1. The van der Waals surface area contributed by atoms with Gasteiger partial charge in [-0.05, 0) is 29.8 Å². The summed E-state index contributed by atoms with van der Waals surface area (Å²) >= 11 is 7.00. The van der Waals surface area contributed by atoms with E-state index in [1.165, 1.54) is 18.2 Å². The number of alkyl halides is 3. The zero-order valence-corrected chi connectivity index (χ0v) is 17.8. The Morgan fingerprint density at radius 1 is 1.16 bits per heavy atom. The second-order valence-corrected chi connectivity index (χ2v) is 7.86. The van der Waals surface area contributed by atoms with Gasteiger partial charge < -0.3 is 9.88 Å². The third kappa shape index (κ3) is 6.11. The van der Waals surface area contributed by atoms with Crippen molar-refractivity contribution in [3.05, 3.63) is 83.2 Å². The summed E-state index contributed by atoms with van der Waals surface area (Å²) in [7, 11) is 0. The van der Waals surface area contributed by atoms with Crippen molar-refractivity contribution in [2.75, 3.05) is 11.1 Å². The molecule has 0 aliphatic heterocycles. The van der Waals surface area contributed by atoms with Crippen LogP contribution in [-0.2, 0) is 23.9 Å². The molecule has 0 bridgehead atoms. The molecule has 0 aliphatic carbocycles. The van der Waals surface area contributed by atoms with Crippen LogP contribution in [0.3, 0.4) is 0 Å². The maximum Gasteiger partial charge on any atom is 0.418 e. The quantitative estimate of drug-likeness (QED) is 0.354. The topological polar surface area (TPSA) is 59.8 Å². The van der Waals surface area contributed by atoms with Crippen molar-refractivity contribution >= 4 is 35.0 Å². The molecule has 0 saturated carbocycles. The minimum atomic E-state index is -4.56. The fourth-order valence-corrected chi connectivity index (χ4v) is 3.70. The molecule has 10 heteroatoms. The number of rotatable bonds is 8. The standard InChI is InChI=1S/C21H18ClF3N4OS/c1-2-11-29-18(12-14-7-9-15(22)10-8-14)27-28-20(29)31-13-19(30)26-17-6-4-3-5-16(17)21(23,24)25/h2-10H,1,11-13H2,(H,26,30). The number of carbonyl (C=O) groups is 1. The van der Waals surface area contributed by atoms with E-state index in [1.54, 1.807) is 18.2 Å². The summed E-state index contributed by atoms with van der Waals surface area (Å²) in [6.45, 7) is 4.16. The van der Waals surface area contributed by atoms with E-state index in [-0.39, 0.29) is 11.4 Å². The summed E-state index contributed by atoms with van der Waals surface area (Å²) in [6, 6.07) is 12.2. The van der Waals surface area contributed by atoms with Gasteiger partial charge in [0.15, 0.2) is 5.16 Å². The Balaban J connectivity index is 1.69. The summed E-state index contributed by atoms with van der Waals surface area (Å²) in [4.78, 5) is 12.3. The van der Waals surface area contributed by atoms with Crippen LogP contribution in [0.2, 0.25) is 5.02 Å². The van der Waals surface area contributed by atoms with Crippen LogP contribution in [0.5, 0.6) is 0 Å². The molecule has 162 valence electrons. The molecular weight excluding hydrogens is 449 g/mol. The van der Waals surface area contributed by atoms with E-state index in [1.807, 2.05) is 16.7 Å². The van der Waals surface area contributed by atoms with Crippen molar-refractivity contribution in [1.29, 1.82) is 0 Å². The molecule has 0 saturated heterocycles. The van der Waals surface area contributed by atoms with E-state index in [0.29, 0.717) is 29.0 Å². The second kappa shape index (κ2) is 10.0. The smallest absolute Gasteiger partial charge is 0.325 e. The van der Waals surface area contributed by atoms with Gasteiger partial charge in [0.1, 0.15) is 5.82 Å². The monoisotopic (exact) mass is 466 g/mol. The molecule has 1 amide bonds. The maximum absolute atomic E-state index is 13.1. The number of anilines is 1. The number of amides is 1. The highest BCUT2D eigenvalue weighted by atomic mass is 35.5. The maximum atomic E-state index is 13.1. The molecule has 0 aliphatic rings. The third-order valence-electron chi connectivity index (χ3n) is 4.22. The first-order valence-corrected chi connectivity index (χ1v) is 10.5. The minimum Gasteiger partial charge on any atom is -0.325 e. The summed E-state index contributed by atoms with van der Waals surface area (Å²) in [6.07, 6.45) is -2.38. The number of hydrogen-bond donors (Lipinski definition) is 1. The fraction of sp³-hybridized carbons (Fsp3) is 0.190. The molecule has 1 heterocycles. The fourth-order valence-electron chi connectivity index (χ4n) is 2.81. The summed E-state index contributed by atoms with van der Waals surface area (Å²) < 4.78 is 41.1. The Hall–Kier alpha value is -2.78. The first-order valence-electron chi connectivity index (χ1n) is 9.14. The Labute approximate surface area is 186 Å². The lowest BCUT2D eigenvalue weighted by molar-refractivity contribution is -0.137. The first kappa shape index (κ1) is 22.9. The molecule has 0 atom stereocenters. The number of aromatic nitrogens is 3. The minimum absolute atomic E-state index is 0.123. The lowest BCUT2D eigenvalue weighted by atomic mass is 10.1. The van der Waals surface area contributed by atoms with Gasteiger partial charge in [0, 0.05) is 18.0 Å². The number of nitrogens with one attached hydrogen (secondary N) is 1. The molecule has 2 aromatic carbocycles. The molecule has 1 N–H and O–H groups in total. The van der Waals surface area contributed by atoms with Gasteiger partial charge >= 0.3 is 6.18 Å². The zero-order valence-electron chi connectivity index (χ0n) is 16.2. The highest BCUT2D eigenvalue weighted by Gasteiger charge is 2.33. The van der Waals surface area contributed by atoms with Crippen molar-refractivity contribution in [2.24, 2.45) is 0 Å². The molecule has 5 nitrogen and oxygen atoms in total. The summed E-state index contributed by atoms with van der Waals surface area (Å²) in [5.41, 5.74) is -0.190. The SMILES string of the molecule is C=CCn1c(Cc2ccc(Cl)cc2)nnc1SCC(=O)Nc1ccccc1C(F)(F)F. The molecule has 0 unspecified atom stereocenters. The van der Waals surface area contributed by atoms with Gasteiger partial charge in [0.05, 0.1) is 17.0 Å². The molecule has 31 heavy (non-hydrogen) atoms. The lowest BCUT2D eigenvalue weighted by Crippen LogP contribution is -2.18. The van der Waals surface area contributed by atoms with Crippen LogP contribution in [0.1, 0.15) is 17.0 Å². The van der Waals surface area contributed by atoms with E-state index in [2.05, 4.69) is 22.1 Å². The van der Waals surface area contributed by atoms with Crippen LogP contribution < -0.4 is 5.32 Å². The third-order valence-corrected chi connectivity index (χ3v) is 5.44. The first-order chi connectivity index (χ1) is 14.8. The predicted molar refractivity (Wildman–Crippen MR) is 115 cm³/mol. The lowest BCUT2D eigenvalue weighted by Gasteiger charge is -2.13. The number of thioether (sulfide) groups is 1. The van der Waals surface area contributed by atoms with Crippen LogP contribution in [-0.4, -0.2) is 26.4 Å². The van der Waals surface area contributed by atoms with Crippen LogP contribution in [0.15, 0.2) is 66.3 Å². The highest BCUT2D eigenvalue weighted by Crippen LogP contribution is 2.34. The van der Waals surface area contributed by atoms with Crippen LogP contribution in [0.25, 0.3) is 0 Å². The van der Waals surface area contributed by atoms with Gasteiger partial charge in [-0.2, -0.15) is 13.2 Å². The van der Waals surface area contributed by atoms with Crippen molar-refractivity contribution in [3.63, 3.8) is 0 Å². The van der Waals surface area contributed by atoms with Gasteiger partial charge in [-0.15, -0.1) is 16.8 Å².